The van der Waals surface area contributed by atoms with E-state index in [4.69, 9.17) is 4.74 Å². The molecule has 1 aliphatic rings. The van der Waals surface area contributed by atoms with E-state index in [1.54, 1.807) is 7.11 Å². The zero-order valence-electron chi connectivity index (χ0n) is 10.3. The van der Waals surface area contributed by atoms with E-state index in [1.807, 2.05) is 0 Å². The van der Waals surface area contributed by atoms with Gasteiger partial charge in [-0.15, -0.1) is 0 Å². The standard InChI is InChI=1S/C11H21N3O3/c1-17-6-5-13-10(15)11(16)14-8-9-3-2-4-12-7-9/h9,12H,2-8H2,1H3,(H,13,15)(H,14,16). The molecule has 6 nitrogen and oxygen atoms in total. The van der Waals surface area contributed by atoms with Crippen LogP contribution in [0, 0.1) is 5.92 Å². The van der Waals surface area contributed by atoms with Gasteiger partial charge in [0.25, 0.3) is 0 Å². The largest absolute Gasteiger partial charge is 0.383 e. The number of amides is 2. The second-order valence-corrected chi connectivity index (χ2v) is 4.17. The second-order valence-electron chi connectivity index (χ2n) is 4.17. The molecule has 3 N–H and O–H groups in total. The fraction of sp³-hybridized carbons (Fsp3) is 0.818. The van der Waals surface area contributed by atoms with E-state index in [-0.39, 0.29) is 0 Å². The highest BCUT2D eigenvalue weighted by molar-refractivity contribution is 6.35. The summed E-state index contributed by atoms with van der Waals surface area (Å²) in [5.74, 6) is -0.725. The first-order valence-electron chi connectivity index (χ1n) is 5.99. The molecule has 0 aliphatic carbocycles. The van der Waals surface area contributed by atoms with Gasteiger partial charge in [0.1, 0.15) is 0 Å². The zero-order chi connectivity index (χ0) is 12.5. The van der Waals surface area contributed by atoms with Crippen molar-refractivity contribution in [1.82, 2.24) is 16.0 Å². The number of carbonyl (C=O) groups is 2. The van der Waals surface area contributed by atoms with Crippen molar-refractivity contribution >= 4 is 11.8 Å². The molecule has 98 valence electrons. The van der Waals surface area contributed by atoms with Crippen LogP contribution in [0.15, 0.2) is 0 Å². The molecule has 6 heteroatoms. The third-order valence-corrected chi connectivity index (χ3v) is 2.75. The molecule has 1 fully saturated rings. The van der Waals surface area contributed by atoms with Gasteiger partial charge in [0.05, 0.1) is 6.61 Å². The predicted octanol–water partition coefficient (Wildman–Crippen LogP) is -1.14. The molecule has 0 saturated carbocycles. The Hall–Kier alpha value is -1.14. The van der Waals surface area contributed by atoms with Crippen molar-refractivity contribution in [1.29, 1.82) is 0 Å². The van der Waals surface area contributed by atoms with Crippen LogP contribution >= 0.6 is 0 Å². The number of hydrogen-bond donors (Lipinski definition) is 3. The van der Waals surface area contributed by atoms with Crippen LogP contribution in [0.25, 0.3) is 0 Å². The van der Waals surface area contributed by atoms with Crippen LogP contribution in [0.2, 0.25) is 0 Å². The number of piperidine rings is 1. The lowest BCUT2D eigenvalue weighted by atomic mass is 10.00. The Balaban J connectivity index is 2.12. The Morgan fingerprint density at radius 3 is 2.76 bits per heavy atom. The van der Waals surface area contributed by atoms with Gasteiger partial charge in [-0.1, -0.05) is 0 Å². The minimum absolute atomic E-state index is 0.355. The van der Waals surface area contributed by atoms with E-state index in [2.05, 4.69) is 16.0 Å². The molecule has 0 aromatic heterocycles. The molecule has 1 rings (SSSR count). The number of methoxy groups -OCH3 is 1. The molecule has 0 spiro atoms. The summed E-state index contributed by atoms with van der Waals surface area (Å²) in [6.07, 6.45) is 2.22. The normalized spacial score (nSPS) is 19.7. The summed E-state index contributed by atoms with van der Waals surface area (Å²) in [6, 6.07) is 0. The minimum Gasteiger partial charge on any atom is -0.383 e. The van der Waals surface area contributed by atoms with E-state index in [1.165, 1.54) is 0 Å². The molecule has 1 aliphatic heterocycles. The summed E-state index contributed by atoms with van der Waals surface area (Å²) in [5.41, 5.74) is 0. The zero-order valence-corrected chi connectivity index (χ0v) is 10.3. The van der Waals surface area contributed by atoms with Crippen molar-refractivity contribution in [2.75, 3.05) is 39.9 Å². The Kier molecular flexibility index (Phi) is 6.57. The molecule has 0 bridgehead atoms. The molecule has 1 saturated heterocycles. The molecular formula is C11H21N3O3. The fourth-order valence-electron chi connectivity index (χ4n) is 1.76. The van der Waals surface area contributed by atoms with Crippen LogP contribution in [-0.2, 0) is 14.3 Å². The minimum atomic E-state index is -0.592. The topological polar surface area (TPSA) is 79.5 Å². The molecular weight excluding hydrogens is 222 g/mol. The van der Waals surface area contributed by atoms with Crippen LogP contribution in [0.3, 0.4) is 0 Å². The van der Waals surface area contributed by atoms with Crippen LogP contribution in [0.4, 0.5) is 0 Å². The van der Waals surface area contributed by atoms with Gasteiger partial charge in [-0.05, 0) is 31.8 Å². The monoisotopic (exact) mass is 243 g/mol. The van der Waals surface area contributed by atoms with E-state index in [0.29, 0.717) is 25.6 Å². The summed E-state index contributed by atoms with van der Waals surface area (Å²) >= 11 is 0. The van der Waals surface area contributed by atoms with Crippen molar-refractivity contribution < 1.29 is 14.3 Å². The van der Waals surface area contributed by atoms with E-state index in [0.717, 1.165) is 25.9 Å². The van der Waals surface area contributed by atoms with Gasteiger partial charge in [0.2, 0.25) is 0 Å². The third kappa shape index (κ3) is 5.65. The maximum absolute atomic E-state index is 11.4. The van der Waals surface area contributed by atoms with Crippen molar-refractivity contribution in [3.8, 4) is 0 Å². The first kappa shape index (κ1) is 13.9. The molecule has 1 heterocycles. The van der Waals surface area contributed by atoms with Gasteiger partial charge < -0.3 is 20.7 Å². The van der Waals surface area contributed by atoms with Gasteiger partial charge in [0.15, 0.2) is 0 Å². The molecule has 1 unspecified atom stereocenters. The maximum Gasteiger partial charge on any atom is 0.309 e. The number of hydrogen-bond acceptors (Lipinski definition) is 4. The summed E-state index contributed by atoms with van der Waals surface area (Å²) in [4.78, 5) is 22.7. The highest BCUT2D eigenvalue weighted by Crippen LogP contribution is 2.07. The third-order valence-electron chi connectivity index (χ3n) is 2.75. The van der Waals surface area contributed by atoms with Crippen LogP contribution in [0.5, 0.6) is 0 Å². The quantitative estimate of drug-likeness (QED) is 0.421. The van der Waals surface area contributed by atoms with E-state index in [9.17, 15) is 9.59 Å². The van der Waals surface area contributed by atoms with Gasteiger partial charge in [-0.2, -0.15) is 0 Å². The predicted molar refractivity (Wildman–Crippen MR) is 63.5 cm³/mol. The lowest BCUT2D eigenvalue weighted by Gasteiger charge is -2.22. The molecule has 17 heavy (non-hydrogen) atoms. The van der Waals surface area contributed by atoms with Gasteiger partial charge in [-0.25, -0.2) is 0 Å². The molecule has 2 amide bonds. The molecule has 0 aromatic rings. The first-order chi connectivity index (χ1) is 8.24. The lowest BCUT2D eigenvalue weighted by molar-refractivity contribution is -0.139. The second kappa shape index (κ2) is 8.03. The van der Waals surface area contributed by atoms with Crippen LogP contribution in [0.1, 0.15) is 12.8 Å². The van der Waals surface area contributed by atoms with Crippen molar-refractivity contribution in [2.45, 2.75) is 12.8 Å². The van der Waals surface area contributed by atoms with Gasteiger partial charge in [-0.3, -0.25) is 9.59 Å². The van der Waals surface area contributed by atoms with Gasteiger partial charge in [0, 0.05) is 20.2 Å². The summed E-state index contributed by atoms with van der Waals surface area (Å²) < 4.78 is 4.77. The Morgan fingerprint density at radius 2 is 2.12 bits per heavy atom. The van der Waals surface area contributed by atoms with E-state index >= 15 is 0 Å². The maximum atomic E-state index is 11.4. The summed E-state index contributed by atoms with van der Waals surface area (Å²) in [7, 11) is 1.54. The average molecular weight is 243 g/mol. The number of rotatable bonds is 5. The fourth-order valence-corrected chi connectivity index (χ4v) is 1.76. The lowest BCUT2D eigenvalue weighted by Crippen LogP contribution is -2.44. The summed E-state index contributed by atoms with van der Waals surface area (Å²) in [6.45, 7) is 3.27. The first-order valence-corrected chi connectivity index (χ1v) is 5.99. The van der Waals surface area contributed by atoms with E-state index < -0.39 is 11.8 Å². The molecule has 0 aromatic carbocycles. The molecule has 1 atom stereocenters. The van der Waals surface area contributed by atoms with Crippen LogP contribution < -0.4 is 16.0 Å². The van der Waals surface area contributed by atoms with Crippen LogP contribution in [-0.4, -0.2) is 51.7 Å². The number of nitrogens with one attached hydrogen (secondary N) is 3. The average Bonchev–Trinajstić information content (AvgIpc) is 2.37. The van der Waals surface area contributed by atoms with Gasteiger partial charge >= 0.3 is 11.8 Å². The highest BCUT2D eigenvalue weighted by Gasteiger charge is 2.17. The highest BCUT2D eigenvalue weighted by atomic mass is 16.5. The smallest absolute Gasteiger partial charge is 0.309 e. The Bertz CT molecular complexity index is 252. The SMILES string of the molecule is COCCNC(=O)C(=O)NCC1CCCNC1. The van der Waals surface area contributed by atoms with Crippen molar-refractivity contribution in [3.63, 3.8) is 0 Å². The van der Waals surface area contributed by atoms with Crippen molar-refractivity contribution in [2.24, 2.45) is 5.92 Å². The number of carbonyl (C=O) groups excluding carboxylic acids is 2. The van der Waals surface area contributed by atoms with Crippen molar-refractivity contribution in [3.05, 3.63) is 0 Å². The Morgan fingerprint density at radius 1 is 1.35 bits per heavy atom. The Labute approximate surface area is 101 Å². The summed E-state index contributed by atoms with van der Waals surface area (Å²) in [5, 5.41) is 8.39. The number of ether oxygens (including phenoxy) is 1. The molecule has 0 radical (unpaired) electrons.